The minimum atomic E-state index is -2.28. The van der Waals surface area contributed by atoms with E-state index in [2.05, 4.69) is 0 Å². The van der Waals surface area contributed by atoms with Gasteiger partial charge in [0.1, 0.15) is 5.78 Å². The summed E-state index contributed by atoms with van der Waals surface area (Å²) in [6.45, 7) is 1.86. The van der Waals surface area contributed by atoms with Crippen LogP contribution in [0.3, 0.4) is 0 Å². The quantitative estimate of drug-likeness (QED) is 0.616. The molecular formula is C8H15F2NO. The van der Waals surface area contributed by atoms with E-state index in [1.807, 2.05) is 0 Å². The molecule has 0 bridgehead atoms. The van der Waals surface area contributed by atoms with Crippen LogP contribution in [-0.2, 0) is 4.79 Å². The van der Waals surface area contributed by atoms with Gasteiger partial charge in [0.25, 0.3) is 6.43 Å². The number of ketones is 1. The van der Waals surface area contributed by atoms with Crippen LogP contribution in [0.2, 0.25) is 0 Å². The molecule has 0 atom stereocenters. The van der Waals surface area contributed by atoms with Gasteiger partial charge < -0.3 is 9.69 Å². The lowest BCUT2D eigenvalue weighted by molar-refractivity contribution is -0.117. The average Bonchev–Trinajstić information content (AvgIpc) is 1.84. The van der Waals surface area contributed by atoms with Crippen molar-refractivity contribution in [3.8, 4) is 0 Å². The SMILES string of the molecule is CC(=O)CCCN(C)CC(F)F. The van der Waals surface area contributed by atoms with Gasteiger partial charge in [-0.25, -0.2) is 8.78 Å². The number of alkyl halides is 2. The van der Waals surface area contributed by atoms with Gasteiger partial charge in [-0.3, -0.25) is 0 Å². The maximum absolute atomic E-state index is 11.8. The van der Waals surface area contributed by atoms with E-state index in [0.29, 0.717) is 19.4 Å². The molecule has 0 aromatic carbocycles. The molecule has 0 aromatic heterocycles. The number of Topliss-reactive ketones (excluding diaryl/α,β-unsaturated/α-hetero) is 1. The molecule has 0 aliphatic rings. The molecule has 0 aliphatic carbocycles. The van der Waals surface area contributed by atoms with Gasteiger partial charge in [-0.05, 0) is 26.9 Å². The largest absolute Gasteiger partial charge is 0.301 e. The van der Waals surface area contributed by atoms with Gasteiger partial charge in [-0.15, -0.1) is 0 Å². The Balaban J connectivity index is 3.31. The first-order valence-corrected chi connectivity index (χ1v) is 3.98. The van der Waals surface area contributed by atoms with Crippen LogP contribution in [0.25, 0.3) is 0 Å². The molecule has 0 unspecified atom stereocenters. The summed E-state index contributed by atoms with van der Waals surface area (Å²) in [6.07, 6.45) is -1.14. The van der Waals surface area contributed by atoms with E-state index in [4.69, 9.17) is 0 Å². The molecule has 0 aliphatic heterocycles. The van der Waals surface area contributed by atoms with Crippen LogP contribution < -0.4 is 0 Å². The van der Waals surface area contributed by atoms with Crippen LogP contribution in [-0.4, -0.2) is 37.2 Å². The summed E-state index contributed by atoms with van der Waals surface area (Å²) in [6, 6.07) is 0. The Bertz CT molecular complexity index is 139. The van der Waals surface area contributed by atoms with Crippen LogP contribution in [0, 0.1) is 0 Å². The molecule has 0 heterocycles. The molecular weight excluding hydrogens is 164 g/mol. The first-order valence-electron chi connectivity index (χ1n) is 3.98. The van der Waals surface area contributed by atoms with Gasteiger partial charge in [0.2, 0.25) is 0 Å². The van der Waals surface area contributed by atoms with E-state index in [-0.39, 0.29) is 12.3 Å². The van der Waals surface area contributed by atoms with Gasteiger partial charge in [0.05, 0.1) is 6.54 Å². The lowest BCUT2D eigenvalue weighted by Crippen LogP contribution is -2.25. The summed E-state index contributed by atoms with van der Waals surface area (Å²) in [5.74, 6) is 0.112. The number of carbonyl (C=O) groups excluding carboxylic acids is 1. The second-order valence-corrected chi connectivity index (χ2v) is 2.96. The van der Waals surface area contributed by atoms with Gasteiger partial charge in [-0.2, -0.15) is 0 Å². The Kier molecular flexibility index (Phi) is 5.80. The fraction of sp³-hybridized carbons (Fsp3) is 0.875. The highest BCUT2D eigenvalue weighted by Gasteiger charge is 2.06. The number of rotatable bonds is 6. The Labute approximate surface area is 71.5 Å². The van der Waals surface area contributed by atoms with E-state index < -0.39 is 6.43 Å². The normalized spacial score (nSPS) is 11.2. The Morgan fingerprint density at radius 2 is 2.08 bits per heavy atom. The topological polar surface area (TPSA) is 20.3 Å². The first-order chi connectivity index (χ1) is 5.52. The maximum Gasteiger partial charge on any atom is 0.251 e. The number of nitrogens with zero attached hydrogens (tertiary/aromatic N) is 1. The van der Waals surface area contributed by atoms with Crippen molar-refractivity contribution in [3.05, 3.63) is 0 Å². The summed E-state index contributed by atoms with van der Waals surface area (Å²) in [5, 5.41) is 0. The summed E-state index contributed by atoms with van der Waals surface area (Å²) in [4.78, 5) is 12.0. The molecule has 0 aromatic rings. The molecule has 0 spiro atoms. The van der Waals surface area contributed by atoms with Gasteiger partial charge in [-0.1, -0.05) is 0 Å². The zero-order chi connectivity index (χ0) is 9.56. The van der Waals surface area contributed by atoms with E-state index in [0.717, 1.165) is 0 Å². The van der Waals surface area contributed by atoms with Crippen molar-refractivity contribution in [1.82, 2.24) is 4.90 Å². The third kappa shape index (κ3) is 7.60. The molecule has 0 saturated heterocycles. The molecule has 0 fully saturated rings. The number of hydrogen-bond donors (Lipinski definition) is 0. The van der Waals surface area contributed by atoms with E-state index in [1.54, 1.807) is 7.05 Å². The fourth-order valence-corrected chi connectivity index (χ4v) is 0.925. The zero-order valence-corrected chi connectivity index (χ0v) is 7.52. The van der Waals surface area contributed by atoms with Gasteiger partial charge >= 0.3 is 0 Å². The minimum absolute atomic E-state index is 0.112. The third-order valence-electron chi connectivity index (χ3n) is 1.52. The van der Waals surface area contributed by atoms with Gasteiger partial charge in [0, 0.05) is 6.42 Å². The van der Waals surface area contributed by atoms with E-state index in [1.165, 1.54) is 11.8 Å². The van der Waals surface area contributed by atoms with Crippen molar-refractivity contribution in [2.45, 2.75) is 26.2 Å². The van der Waals surface area contributed by atoms with Crippen LogP contribution in [0.4, 0.5) is 8.78 Å². The molecule has 0 saturated carbocycles. The van der Waals surface area contributed by atoms with Gasteiger partial charge in [0.15, 0.2) is 0 Å². The lowest BCUT2D eigenvalue weighted by atomic mass is 10.2. The Hall–Kier alpha value is -0.510. The fourth-order valence-electron chi connectivity index (χ4n) is 0.925. The number of halogens is 2. The molecule has 12 heavy (non-hydrogen) atoms. The van der Waals surface area contributed by atoms with E-state index >= 15 is 0 Å². The molecule has 4 heteroatoms. The third-order valence-corrected chi connectivity index (χ3v) is 1.52. The van der Waals surface area contributed by atoms with Crippen molar-refractivity contribution in [1.29, 1.82) is 0 Å². The highest BCUT2D eigenvalue weighted by Crippen LogP contribution is 1.98. The Morgan fingerprint density at radius 1 is 1.50 bits per heavy atom. The van der Waals surface area contributed by atoms with E-state index in [9.17, 15) is 13.6 Å². The van der Waals surface area contributed by atoms with Crippen molar-refractivity contribution in [3.63, 3.8) is 0 Å². The minimum Gasteiger partial charge on any atom is -0.301 e. The lowest BCUT2D eigenvalue weighted by Gasteiger charge is -2.14. The summed E-state index contributed by atoms with van der Waals surface area (Å²) < 4.78 is 23.5. The van der Waals surface area contributed by atoms with Crippen molar-refractivity contribution in [2.24, 2.45) is 0 Å². The van der Waals surface area contributed by atoms with Crippen molar-refractivity contribution < 1.29 is 13.6 Å². The first kappa shape index (κ1) is 11.5. The standard InChI is InChI=1S/C8H15F2NO/c1-7(12)4-3-5-11(2)6-8(9)10/h8H,3-6H2,1-2H3. The van der Waals surface area contributed by atoms with Crippen LogP contribution in [0.15, 0.2) is 0 Å². The highest BCUT2D eigenvalue weighted by atomic mass is 19.3. The molecule has 2 nitrogen and oxygen atoms in total. The Morgan fingerprint density at radius 3 is 2.50 bits per heavy atom. The second kappa shape index (κ2) is 6.06. The summed E-state index contributed by atoms with van der Waals surface area (Å²) in [7, 11) is 1.63. The average molecular weight is 179 g/mol. The number of carbonyl (C=O) groups is 1. The molecule has 0 radical (unpaired) electrons. The highest BCUT2D eigenvalue weighted by molar-refractivity contribution is 5.75. The molecule has 0 amide bonds. The van der Waals surface area contributed by atoms with Crippen LogP contribution >= 0.6 is 0 Å². The molecule has 0 N–H and O–H groups in total. The zero-order valence-electron chi connectivity index (χ0n) is 7.52. The summed E-state index contributed by atoms with van der Waals surface area (Å²) >= 11 is 0. The molecule has 72 valence electrons. The van der Waals surface area contributed by atoms with Crippen LogP contribution in [0.5, 0.6) is 0 Å². The predicted molar refractivity (Wildman–Crippen MR) is 43.4 cm³/mol. The van der Waals surface area contributed by atoms with Crippen molar-refractivity contribution >= 4 is 5.78 Å². The maximum atomic E-state index is 11.8. The summed E-state index contributed by atoms with van der Waals surface area (Å²) in [5.41, 5.74) is 0. The van der Waals surface area contributed by atoms with Crippen LogP contribution in [0.1, 0.15) is 19.8 Å². The monoisotopic (exact) mass is 179 g/mol. The smallest absolute Gasteiger partial charge is 0.251 e. The second-order valence-electron chi connectivity index (χ2n) is 2.96. The molecule has 0 rings (SSSR count). The van der Waals surface area contributed by atoms with Crippen molar-refractivity contribution in [2.75, 3.05) is 20.1 Å². The number of hydrogen-bond acceptors (Lipinski definition) is 2. The predicted octanol–water partition coefficient (Wildman–Crippen LogP) is 1.55.